The maximum atomic E-state index is 8.60. The van der Waals surface area contributed by atoms with Gasteiger partial charge in [0.25, 0.3) is 0 Å². The van der Waals surface area contributed by atoms with Crippen molar-refractivity contribution in [2.75, 3.05) is 13.1 Å². The molecule has 1 saturated carbocycles. The summed E-state index contributed by atoms with van der Waals surface area (Å²) in [5.74, 6) is 0.917. The van der Waals surface area contributed by atoms with Gasteiger partial charge in [-0.05, 0) is 31.1 Å². The molecule has 1 aliphatic carbocycles. The number of nitrogens with zero attached hydrogens (tertiary/aromatic N) is 1. The molecule has 2 heteroatoms. The third kappa shape index (κ3) is 2.70. The van der Waals surface area contributed by atoms with Crippen molar-refractivity contribution in [3.05, 3.63) is 0 Å². The van der Waals surface area contributed by atoms with E-state index in [2.05, 4.69) is 25.2 Å². The van der Waals surface area contributed by atoms with Gasteiger partial charge in [-0.2, -0.15) is 5.26 Å². The van der Waals surface area contributed by atoms with Gasteiger partial charge in [0.05, 0.1) is 12.0 Å². The van der Waals surface area contributed by atoms with Crippen LogP contribution in [0.15, 0.2) is 0 Å². The predicted octanol–water partition coefficient (Wildman–Crippen LogP) is 2.17. The Labute approximate surface area is 81.3 Å². The van der Waals surface area contributed by atoms with E-state index < -0.39 is 0 Å². The van der Waals surface area contributed by atoms with Crippen LogP contribution >= 0.6 is 0 Å². The lowest BCUT2D eigenvalue weighted by Crippen LogP contribution is -2.30. The summed E-state index contributed by atoms with van der Waals surface area (Å²) in [7, 11) is 0. The predicted molar refractivity (Wildman–Crippen MR) is 54.2 cm³/mol. The van der Waals surface area contributed by atoms with Crippen LogP contribution in [0.1, 0.15) is 33.6 Å². The minimum atomic E-state index is 0.142. The van der Waals surface area contributed by atoms with E-state index in [1.165, 1.54) is 12.8 Å². The Morgan fingerprint density at radius 1 is 1.38 bits per heavy atom. The first kappa shape index (κ1) is 10.5. The van der Waals surface area contributed by atoms with E-state index >= 15 is 0 Å². The molecule has 1 aliphatic rings. The summed E-state index contributed by atoms with van der Waals surface area (Å²) in [6, 6.07) is 2.24. The topological polar surface area (TPSA) is 35.8 Å². The Morgan fingerprint density at radius 2 is 2.00 bits per heavy atom. The molecule has 0 heterocycles. The van der Waals surface area contributed by atoms with E-state index in [0.717, 1.165) is 19.0 Å². The van der Waals surface area contributed by atoms with Gasteiger partial charge in [0.1, 0.15) is 0 Å². The number of hydrogen-bond donors (Lipinski definition) is 1. The minimum absolute atomic E-state index is 0.142. The van der Waals surface area contributed by atoms with Crippen LogP contribution in [0, 0.1) is 28.6 Å². The highest BCUT2D eigenvalue weighted by Gasteiger charge is 2.44. The van der Waals surface area contributed by atoms with E-state index in [9.17, 15) is 0 Å². The monoisotopic (exact) mass is 180 g/mol. The van der Waals surface area contributed by atoms with Crippen LogP contribution in [0.25, 0.3) is 0 Å². The second-order valence-electron chi connectivity index (χ2n) is 4.68. The fourth-order valence-corrected chi connectivity index (χ4v) is 1.70. The zero-order valence-corrected chi connectivity index (χ0v) is 8.93. The number of rotatable bonds is 5. The van der Waals surface area contributed by atoms with Crippen LogP contribution in [0.2, 0.25) is 0 Å². The Kier molecular flexibility index (Phi) is 3.33. The van der Waals surface area contributed by atoms with Crippen molar-refractivity contribution in [2.45, 2.75) is 33.6 Å². The molecule has 0 bridgehead atoms. The first-order valence-corrected chi connectivity index (χ1v) is 5.21. The molecule has 1 rings (SSSR count). The molecule has 1 fully saturated rings. The van der Waals surface area contributed by atoms with Crippen molar-refractivity contribution in [1.82, 2.24) is 5.32 Å². The zero-order valence-electron chi connectivity index (χ0n) is 8.93. The lowest BCUT2D eigenvalue weighted by molar-refractivity contribution is 0.335. The van der Waals surface area contributed by atoms with Crippen molar-refractivity contribution in [2.24, 2.45) is 17.3 Å². The molecule has 0 spiro atoms. The molecular weight excluding hydrogens is 160 g/mol. The number of nitriles is 1. The molecule has 0 amide bonds. The molecule has 1 atom stereocenters. The second kappa shape index (κ2) is 4.11. The first-order chi connectivity index (χ1) is 6.10. The summed E-state index contributed by atoms with van der Waals surface area (Å²) in [5, 5.41) is 12.0. The van der Waals surface area contributed by atoms with E-state index in [4.69, 9.17) is 5.26 Å². The second-order valence-corrected chi connectivity index (χ2v) is 4.68. The fraction of sp³-hybridized carbons (Fsp3) is 0.909. The average Bonchev–Trinajstić information content (AvgIpc) is 2.85. The first-order valence-electron chi connectivity index (χ1n) is 5.21. The summed E-state index contributed by atoms with van der Waals surface area (Å²) in [4.78, 5) is 0. The highest BCUT2D eigenvalue weighted by atomic mass is 14.9. The van der Waals surface area contributed by atoms with Crippen molar-refractivity contribution >= 4 is 0 Å². The van der Waals surface area contributed by atoms with E-state index in [1.807, 2.05) is 6.92 Å². The largest absolute Gasteiger partial charge is 0.315 e. The number of nitrogens with one attached hydrogen (secondary N) is 1. The summed E-state index contributed by atoms with van der Waals surface area (Å²) < 4.78 is 0. The van der Waals surface area contributed by atoms with E-state index in [-0.39, 0.29) is 5.92 Å². The van der Waals surface area contributed by atoms with Crippen molar-refractivity contribution in [3.63, 3.8) is 0 Å². The number of hydrogen-bond acceptors (Lipinski definition) is 2. The molecular formula is C11H20N2. The van der Waals surface area contributed by atoms with E-state index in [0.29, 0.717) is 5.41 Å². The van der Waals surface area contributed by atoms with Crippen LogP contribution in [0.3, 0.4) is 0 Å². The zero-order chi connectivity index (χ0) is 9.90. The summed E-state index contributed by atoms with van der Waals surface area (Å²) in [6.07, 6.45) is 2.72. The fourth-order valence-electron chi connectivity index (χ4n) is 1.70. The highest BCUT2D eigenvalue weighted by molar-refractivity contribution is 4.97. The van der Waals surface area contributed by atoms with Gasteiger partial charge in [0.2, 0.25) is 0 Å². The van der Waals surface area contributed by atoms with Crippen molar-refractivity contribution in [3.8, 4) is 6.07 Å². The average molecular weight is 180 g/mol. The third-order valence-corrected chi connectivity index (χ3v) is 3.26. The van der Waals surface area contributed by atoms with Crippen LogP contribution in [0.4, 0.5) is 0 Å². The van der Waals surface area contributed by atoms with E-state index in [1.54, 1.807) is 0 Å². The van der Waals surface area contributed by atoms with Gasteiger partial charge in [0, 0.05) is 13.1 Å². The lowest BCUT2D eigenvalue weighted by atomic mass is 9.92. The lowest BCUT2D eigenvalue weighted by Gasteiger charge is -2.20. The molecule has 1 N–H and O–H groups in total. The molecule has 0 saturated heterocycles. The Hall–Kier alpha value is -0.550. The summed E-state index contributed by atoms with van der Waals surface area (Å²) in [5.41, 5.74) is 0.565. The van der Waals surface area contributed by atoms with Gasteiger partial charge in [0.15, 0.2) is 0 Å². The Bertz CT molecular complexity index is 199. The Morgan fingerprint density at radius 3 is 2.38 bits per heavy atom. The molecule has 0 aliphatic heterocycles. The maximum absolute atomic E-state index is 8.60. The summed E-state index contributed by atoms with van der Waals surface area (Å²) in [6.45, 7) is 8.48. The molecule has 0 radical (unpaired) electrons. The maximum Gasteiger partial charge on any atom is 0.0666 e. The summed E-state index contributed by atoms with van der Waals surface area (Å²) >= 11 is 0. The van der Waals surface area contributed by atoms with Crippen LogP contribution in [-0.4, -0.2) is 13.1 Å². The van der Waals surface area contributed by atoms with Crippen LogP contribution < -0.4 is 5.32 Å². The SMILES string of the molecule is CC(C#N)CNCC1(C(C)C)CC1. The normalized spacial score (nSPS) is 21.2. The Balaban J connectivity index is 2.17. The van der Waals surface area contributed by atoms with Crippen molar-refractivity contribution < 1.29 is 0 Å². The third-order valence-electron chi connectivity index (χ3n) is 3.26. The van der Waals surface area contributed by atoms with Crippen LogP contribution in [0.5, 0.6) is 0 Å². The molecule has 1 unspecified atom stereocenters. The van der Waals surface area contributed by atoms with Gasteiger partial charge >= 0.3 is 0 Å². The van der Waals surface area contributed by atoms with Crippen LogP contribution in [-0.2, 0) is 0 Å². The highest BCUT2D eigenvalue weighted by Crippen LogP contribution is 2.51. The van der Waals surface area contributed by atoms with Gasteiger partial charge in [-0.3, -0.25) is 0 Å². The van der Waals surface area contributed by atoms with Crippen molar-refractivity contribution in [1.29, 1.82) is 5.26 Å². The van der Waals surface area contributed by atoms with Gasteiger partial charge in [-0.1, -0.05) is 13.8 Å². The smallest absolute Gasteiger partial charge is 0.0666 e. The standard InChI is InChI=1S/C11H20N2/c1-9(2)11(4-5-11)8-13-7-10(3)6-12/h9-10,13H,4-5,7-8H2,1-3H3. The van der Waals surface area contributed by atoms with Gasteiger partial charge in [-0.25, -0.2) is 0 Å². The van der Waals surface area contributed by atoms with Gasteiger partial charge < -0.3 is 5.32 Å². The molecule has 2 nitrogen and oxygen atoms in total. The molecule has 0 aromatic heterocycles. The quantitative estimate of drug-likeness (QED) is 0.704. The molecule has 13 heavy (non-hydrogen) atoms. The molecule has 0 aromatic carbocycles. The molecule has 0 aromatic rings. The minimum Gasteiger partial charge on any atom is -0.315 e. The molecule has 74 valence electrons. The van der Waals surface area contributed by atoms with Gasteiger partial charge in [-0.15, -0.1) is 0 Å².